The van der Waals surface area contributed by atoms with Crippen LogP contribution in [0.1, 0.15) is 24.3 Å². The molecule has 0 spiro atoms. The SMILES string of the molecule is O=[N+]([O-])[C@H]1[C@H]([C@@H]2CCC=C2N2CCOCC2)c2cc(Cl)ccc2O[C@H]1C(F)(F)F. The molecule has 0 saturated carbocycles. The third-order valence-electron chi connectivity index (χ3n) is 5.85. The van der Waals surface area contributed by atoms with Crippen molar-refractivity contribution in [2.24, 2.45) is 5.92 Å². The standard InChI is InChI=1S/C19H20ClF3N2O4/c20-11-4-5-15-13(10-11)16(17(25(26)27)18(29-15)19(21,22)23)12-2-1-3-14(12)24-6-8-28-9-7-24/h3-5,10,12,16-18H,1-2,6-9H2/t12-,16-,17+,18-/m1/s1. The minimum absolute atomic E-state index is 0.00746. The molecule has 0 radical (unpaired) electrons. The van der Waals surface area contributed by atoms with E-state index in [4.69, 9.17) is 21.1 Å². The molecule has 10 heteroatoms. The van der Waals surface area contributed by atoms with Gasteiger partial charge in [-0.15, -0.1) is 0 Å². The Labute approximate surface area is 170 Å². The number of allylic oxidation sites excluding steroid dienone is 2. The largest absolute Gasteiger partial charge is 0.473 e. The lowest BCUT2D eigenvalue weighted by Gasteiger charge is -2.41. The summed E-state index contributed by atoms with van der Waals surface area (Å²) in [6.07, 6.45) is -4.20. The van der Waals surface area contributed by atoms with Crippen LogP contribution in [-0.4, -0.2) is 54.4 Å². The maximum atomic E-state index is 13.7. The molecule has 2 heterocycles. The smallest absolute Gasteiger partial charge is 0.432 e. The summed E-state index contributed by atoms with van der Waals surface area (Å²) in [4.78, 5) is 13.1. The van der Waals surface area contributed by atoms with Crippen molar-refractivity contribution in [2.45, 2.75) is 37.1 Å². The first-order valence-electron chi connectivity index (χ1n) is 9.46. The Morgan fingerprint density at radius 2 is 1.97 bits per heavy atom. The molecular weight excluding hydrogens is 413 g/mol. The van der Waals surface area contributed by atoms with Crippen LogP contribution >= 0.6 is 11.6 Å². The van der Waals surface area contributed by atoms with Crippen molar-refractivity contribution in [2.75, 3.05) is 26.3 Å². The van der Waals surface area contributed by atoms with Crippen LogP contribution in [0.25, 0.3) is 0 Å². The molecule has 1 aromatic carbocycles. The highest BCUT2D eigenvalue weighted by molar-refractivity contribution is 6.30. The van der Waals surface area contributed by atoms with Crippen molar-refractivity contribution in [3.05, 3.63) is 50.7 Å². The molecule has 0 bridgehead atoms. The van der Waals surface area contributed by atoms with Crippen LogP contribution in [0.4, 0.5) is 13.2 Å². The molecule has 1 saturated heterocycles. The lowest BCUT2D eigenvalue weighted by Crippen LogP contribution is -2.55. The molecule has 0 N–H and O–H groups in total. The summed E-state index contributed by atoms with van der Waals surface area (Å²) in [5.41, 5.74) is 1.23. The van der Waals surface area contributed by atoms with Gasteiger partial charge in [0.15, 0.2) is 0 Å². The minimum Gasteiger partial charge on any atom is -0.473 e. The van der Waals surface area contributed by atoms with Crippen molar-refractivity contribution in [3.8, 4) is 5.75 Å². The zero-order valence-corrected chi connectivity index (χ0v) is 16.2. The van der Waals surface area contributed by atoms with Crippen LogP contribution in [0.5, 0.6) is 5.75 Å². The number of ether oxygens (including phenoxy) is 2. The Balaban J connectivity index is 1.80. The molecular formula is C19H20ClF3N2O4. The number of hydrogen-bond acceptors (Lipinski definition) is 5. The highest BCUT2D eigenvalue weighted by Gasteiger charge is 2.61. The lowest BCUT2D eigenvalue weighted by molar-refractivity contribution is -0.550. The second-order valence-corrected chi connectivity index (χ2v) is 7.91. The van der Waals surface area contributed by atoms with Gasteiger partial charge in [0.05, 0.1) is 19.1 Å². The van der Waals surface area contributed by atoms with E-state index >= 15 is 0 Å². The van der Waals surface area contributed by atoms with E-state index in [9.17, 15) is 23.3 Å². The Bertz CT molecular complexity index is 826. The van der Waals surface area contributed by atoms with Gasteiger partial charge in [-0.25, -0.2) is 0 Å². The molecule has 29 heavy (non-hydrogen) atoms. The highest BCUT2D eigenvalue weighted by atomic mass is 35.5. The van der Waals surface area contributed by atoms with Gasteiger partial charge in [-0.1, -0.05) is 17.7 Å². The summed E-state index contributed by atoms with van der Waals surface area (Å²) in [5, 5.41) is 12.2. The average molecular weight is 433 g/mol. The zero-order valence-electron chi connectivity index (χ0n) is 15.4. The molecule has 0 amide bonds. The number of nitrogens with zero attached hydrogens (tertiary/aromatic N) is 2. The molecule has 4 atom stereocenters. The number of hydrogen-bond donors (Lipinski definition) is 0. The van der Waals surface area contributed by atoms with Crippen LogP contribution in [-0.2, 0) is 4.74 Å². The summed E-state index contributed by atoms with van der Waals surface area (Å²) < 4.78 is 51.7. The van der Waals surface area contributed by atoms with Gasteiger partial charge in [-0.2, -0.15) is 13.2 Å². The number of nitro groups is 1. The monoisotopic (exact) mass is 432 g/mol. The van der Waals surface area contributed by atoms with E-state index in [1.807, 2.05) is 6.08 Å². The summed E-state index contributed by atoms with van der Waals surface area (Å²) in [7, 11) is 0. The van der Waals surface area contributed by atoms with E-state index in [-0.39, 0.29) is 5.75 Å². The van der Waals surface area contributed by atoms with Crippen LogP contribution < -0.4 is 4.74 Å². The number of halogens is 4. The molecule has 6 nitrogen and oxygen atoms in total. The number of rotatable bonds is 3. The van der Waals surface area contributed by atoms with Gasteiger partial charge < -0.3 is 14.4 Å². The van der Waals surface area contributed by atoms with Crippen LogP contribution in [0.3, 0.4) is 0 Å². The first-order chi connectivity index (χ1) is 13.8. The first-order valence-corrected chi connectivity index (χ1v) is 9.84. The molecule has 1 aliphatic carbocycles. The fourth-order valence-electron chi connectivity index (χ4n) is 4.68. The Morgan fingerprint density at radius 1 is 1.24 bits per heavy atom. The molecule has 2 aliphatic heterocycles. The fraction of sp³-hybridized carbons (Fsp3) is 0.579. The summed E-state index contributed by atoms with van der Waals surface area (Å²) in [6.45, 7) is 2.26. The zero-order chi connectivity index (χ0) is 20.8. The van der Waals surface area contributed by atoms with E-state index in [0.717, 1.165) is 5.70 Å². The van der Waals surface area contributed by atoms with Gasteiger partial charge in [0.2, 0.25) is 0 Å². The molecule has 4 rings (SSSR count). The number of morpholine rings is 1. The van der Waals surface area contributed by atoms with Gasteiger partial charge in [-0.3, -0.25) is 10.1 Å². The normalized spacial score (nSPS) is 29.8. The fourth-order valence-corrected chi connectivity index (χ4v) is 4.86. The van der Waals surface area contributed by atoms with Crippen molar-refractivity contribution in [1.29, 1.82) is 0 Å². The van der Waals surface area contributed by atoms with Gasteiger partial charge in [-0.05, 0) is 31.0 Å². The maximum Gasteiger partial charge on any atom is 0.432 e. The van der Waals surface area contributed by atoms with Gasteiger partial charge >= 0.3 is 6.18 Å². The maximum absolute atomic E-state index is 13.7. The Morgan fingerprint density at radius 3 is 2.62 bits per heavy atom. The summed E-state index contributed by atoms with van der Waals surface area (Å²) in [5.74, 6) is -1.40. The second-order valence-electron chi connectivity index (χ2n) is 7.48. The Kier molecular flexibility index (Phi) is 5.37. The number of alkyl halides is 3. The van der Waals surface area contributed by atoms with E-state index in [0.29, 0.717) is 49.7 Å². The van der Waals surface area contributed by atoms with Crippen molar-refractivity contribution < 1.29 is 27.6 Å². The number of fused-ring (bicyclic) bond motifs is 1. The third kappa shape index (κ3) is 3.77. The lowest BCUT2D eigenvalue weighted by atomic mass is 9.75. The topological polar surface area (TPSA) is 64.8 Å². The molecule has 0 aromatic heterocycles. The molecule has 1 fully saturated rings. The minimum atomic E-state index is -4.87. The van der Waals surface area contributed by atoms with Crippen LogP contribution in [0.2, 0.25) is 5.02 Å². The summed E-state index contributed by atoms with van der Waals surface area (Å²) >= 11 is 6.10. The molecule has 158 valence electrons. The number of benzene rings is 1. The van der Waals surface area contributed by atoms with E-state index in [2.05, 4.69) is 4.90 Å². The van der Waals surface area contributed by atoms with Gasteiger partial charge in [0.1, 0.15) is 5.75 Å². The van der Waals surface area contributed by atoms with Crippen molar-refractivity contribution >= 4 is 11.6 Å². The Hall–Kier alpha value is -2.00. The molecule has 3 aliphatic rings. The van der Waals surface area contributed by atoms with Crippen molar-refractivity contribution in [1.82, 2.24) is 4.90 Å². The predicted molar refractivity (Wildman–Crippen MR) is 98.6 cm³/mol. The van der Waals surface area contributed by atoms with Crippen LogP contribution in [0, 0.1) is 16.0 Å². The third-order valence-corrected chi connectivity index (χ3v) is 6.08. The van der Waals surface area contributed by atoms with E-state index in [1.54, 1.807) is 0 Å². The van der Waals surface area contributed by atoms with Gasteiger partial charge in [0.25, 0.3) is 12.1 Å². The van der Waals surface area contributed by atoms with Crippen LogP contribution in [0.15, 0.2) is 30.0 Å². The van der Waals surface area contributed by atoms with E-state index in [1.165, 1.54) is 18.2 Å². The summed E-state index contributed by atoms with van der Waals surface area (Å²) in [6, 6.07) is 2.35. The highest BCUT2D eigenvalue weighted by Crippen LogP contribution is 2.51. The first kappa shape index (κ1) is 20.3. The predicted octanol–water partition coefficient (Wildman–Crippen LogP) is 4.02. The molecule has 1 aromatic rings. The van der Waals surface area contributed by atoms with Crippen molar-refractivity contribution in [3.63, 3.8) is 0 Å². The average Bonchev–Trinajstić information content (AvgIpc) is 3.15. The molecule has 0 unspecified atom stereocenters. The van der Waals surface area contributed by atoms with E-state index < -0.39 is 35.1 Å². The van der Waals surface area contributed by atoms with Gasteiger partial charge in [0, 0.05) is 40.2 Å². The second kappa shape index (κ2) is 7.68. The quantitative estimate of drug-likeness (QED) is 0.533.